The summed E-state index contributed by atoms with van der Waals surface area (Å²) in [5.74, 6) is 0. The third-order valence-electron chi connectivity index (χ3n) is 3.18. The summed E-state index contributed by atoms with van der Waals surface area (Å²) in [4.78, 5) is 19.1. The minimum atomic E-state index is -0.134. The molecule has 0 amide bonds. The van der Waals surface area contributed by atoms with E-state index in [0.717, 1.165) is 17.7 Å². The van der Waals surface area contributed by atoms with Crippen molar-refractivity contribution in [1.29, 1.82) is 0 Å². The van der Waals surface area contributed by atoms with Gasteiger partial charge in [0.15, 0.2) is 5.16 Å². The van der Waals surface area contributed by atoms with Gasteiger partial charge < -0.3 is 10.7 Å². The molecule has 2 aromatic rings. The number of aromatic nitrogens is 2. The Hall–Kier alpha value is -1.59. The molecule has 1 aromatic heterocycles. The van der Waals surface area contributed by atoms with Crippen LogP contribution >= 0.6 is 11.8 Å². The van der Waals surface area contributed by atoms with Crippen molar-refractivity contribution in [2.75, 3.05) is 0 Å². The molecule has 0 spiro atoms. The molecule has 1 unspecified atom stereocenters. The van der Waals surface area contributed by atoms with E-state index in [0.29, 0.717) is 5.16 Å². The van der Waals surface area contributed by atoms with Crippen LogP contribution in [-0.2, 0) is 6.42 Å². The van der Waals surface area contributed by atoms with Crippen LogP contribution < -0.4 is 11.3 Å². The molecule has 1 heterocycles. The Bertz CT molecular complexity index is 639. The lowest BCUT2D eigenvalue weighted by Gasteiger charge is -2.12. The van der Waals surface area contributed by atoms with Crippen LogP contribution in [0, 0.1) is 6.92 Å². The summed E-state index contributed by atoms with van der Waals surface area (Å²) in [6, 6.07) is 7.87. The van der Waals surface area contributed by atoms with Gasteiger partial charge in [0.25, 0.3) is 5.56 Å². The third kappa shape index (κ3) is 3.95. The van der Waals surface area contributed by atoms with Gasteiger partial charge in [-0.1, -0.05) is 24.8 Å². The van der Waals surface area contributed by atoms with E-state index in [4.69, 9.17) is 5.73 Å². The van der Waals surface area contributed by atoms with Crippen molar-refractivity contribution in [1.82, 2.24) is 9.97 Å². The van der Waals surface area contributed by atoms with Crippen LogP contribution in [-0.4, -0.2) is 16.0 Å². The minimum absolute atomic E-state index is 0.134. The van der Waals surface area contributed by atoms with Gasteiger partial charge in [0.05, 0.1) is 0 Å². The average molecular weight is 289 g/mol. The van der Waals surface area contributed by atoms with Gasteiger partial charge in [-0.2, -0.15) is 0 Å². The summed E-state index contributed by atoms with van der Waals surface area (Å²) >= 11 is 1.45. The highest BCUT2D eigenvalue weighted by Gasteiger charge is 2.06. The van der Waals surface area contributed by atoms with Crippen LogP contribution in [0.2, 0.25) is 0 Å². The van der Waals surface area contributed by atoms with E-state index in [2.05, 4.69) is 35.9 Å². The summed E-state index contributed by atoms with van der Waals surface area (Å²) in [6.07, 6.45) is 3.39. The van der Waals surface area contributed by atoms with Gasteiger partial charge in [0, 0.05) is 23.2 Å². The fraction of sp³-hybridized carbons (Fsp3) is 0.333. The normalized spacial score (nSPS) is 12.3. The van der Waals surface area contributed by atoms with E-state index in [1.54, 1.807) is 0 Å². The molecule has 3 N–H and O–H groups in total. The monoisotopic (exact) mass is 289 g/mol. The quantitative estimate of drug-likeness (QED) is 0.830. The fourth-order valence-corrected chi connectivity index (χ4v) is 2.76. The predicted molar refractivity (Wildman–Crippen MR) is 82.1 cm³/mol. The molecule has 4 nitrogen and oxygen atoms in total. The number of nitrogens with two attached hydrogens (primary N) is 1. The molecule has 1 aromatic carbocycles. The molecule has 0 saturated carbocycles. The molecule has 1 atom stereocenters. The van der Waals surface area contributed by atoms with E-state index < -0.39 is 0 Å². The largest absolute Gasteiger partial charge is 0.327 e. The lowest BCUT2D eigenvalue weighted by atomic mass is 10.0. The first kappa shape index (κ1) is 14.8. The molecular formula is C15H19N3OS. The van der Waals surface area contributed by atoms with Crippen molar-refractivity contribution >= 4 is 11.8 Å². The van der Waals surface area contributed by atoms with Gasteiger partial charge in [-0.25, -0.2) is 4.98 Å². The predicted octanol–water partition coefficient (Wildman–Crippen LogP) is 2.51. The number of aryl methyl sites for hydroxylation is 1. The number of hydrogen-bond acceptors (Lipinski definition) is 4. The third-order valence-corrected chi connectivity index (χ3v) is 4.07. The molecule has 0 fully saturated rings. The highest BCUT2D eigenvalue weighted by Crippen LogP contribution is 2.26. The summed E-state index contributed by atoms with van der Waals surface area (Å²) in [5, 5.41) is 0.606. The Labute approximate surface area is 122 Å². The van der Waals surface area contributed by atoms with E-state index in [9.17, 15) is 4.79 Å². The number of rotatable bonds is 5. The second-order valence-electron chi connectivity index (χ2n) is 4.80. The van der Waals surface area contributed by atoms with Crippen molar-refractivity contribution in [2.24, 2.45) is 5.73 Å². The zero-order chi connectivity index (χ0) is 14.5. The van der Waals surface area contributed by atoms with Gasteiger partial charge in [0.2, 0.25) is 0 Å². The van der Waals surface area contributed by atoms with Gasteiger partial charge in [-0.15, -0.1) is 0 Å². The number of hydrogen-bond donors (Lipinski definition) is 2. The second-order valence-corrected chi connectivity index (χ2v) is 5.86. The molecule has 0 saturated heterocycles. The van der Waals surface area contributed by atoms with Crippen LogP contribution in [0.25, 0.3) is 0 Å². The van der Waals surface area contributed by atoms with Crippen molar-refractivity contribution in [2.45, 2.75) is 42.8 Å². The zero-order valence-electron chi connectivity index (χ0n) is 11.7. The number of nitrogens with zero attached hydrogens (tertiary/aromatic N) is 1. The maximum atomic E-state index is 11.2. The molecule has 0 aliphatic rings. The topological polar surface area (TPSA) is 71.8 Å². The number of nitrogens with one attached hydrogen (secondary N) is 1. The summed E-state index contributed by atoms with van der Waals surface area (Å²) < 4.78 is 0. The zero-order valence-corrected chi connectivity index (χ0v) is 12.5. The highest BCUT2D eigenvalue weighted by molar-refractivity contribution is 7.99. The average Bonchev–Trinajstić information content (AvgIpc) is 2.41. The van der Waals surface area contributed by atoms with Crippen LogP contribution in [0.5, 0.6) is 0 Å². The van der Waals surface area contributed by atoms with Crippen LogP contribution in [0.15, 0.2) is 45.3 Å². The van der Waals surface area contributed by atoms with Crippen molar-refractivity contribution in [3.05, 3.63) is 51.9 Å². The Morgan fingerprint density at radius 3 is 2.85 bits per heavy atom. The van der Waals surface area contributed by atoms with Crippen LogP contribution in [0.3, 0.4) is 0 Å². The molecule has 2 rings (SSSR count). The van der Waals surface area contributed by atoms with Crippen molar-refractivity contribution in [3.63, 3.8) is 0 Å². The first-order valence-corrected chi connectivity index (χ1v) is 7.48. The summed E-state index contributed by atoms with van der Waals surface area (Å²) in [5.41, 5.74) is 8.36. The molecule has 0 radical (unpaired) electrons. The summed E-state index contributed by atoms with van der Waals surface area (Å²) in [7, 11) is 0. The van der Waals surface area contributed by atoms with Gasteiger partial charge in [-0.05, 0) is 43.0 Å². The Morgan fingerprint density at radius 1 is 1.40 bits per heavy atom. The molecule has 20 heavy (non-hydrogen) atoms. The SMILES string of the molecule is CCC(N)Cc1ccc(Sc2nccc(=O)[nH]2)cc1C. The Morgan fingerprint density at radius 2 is 2.20 bits per heavy atom. The fourth-order valence-electron chi connectivity index (χ4n) is 1.90. The van der Waals surface area contributed by atoms with E-state index in [1.807, 2.05) is 6.07 Å². The first-order valence-electron chi connectivity index (χ1n) is 6.66. The number of benzene rings is 1. The van der Waals surface area contributed by atoms with Gasteiger partial charge >= 0.3 is 0 Å². The maximum absolute atomic E-state index is 11.2. The molecule has 0 aliphatic carbocycles. The van der Waals surface area contributed by atoms with E-state index >= 15 is 0 Å². The Balaban J connectivity index is 2.14. The minimum Gasteiger partial charge on any atom is -0.327 e. The number of aromatic amines is 1. The maximum Gasteiger partial charge on any atom is 0.251 e. The lowest BCUT2D eigenvalue weighted by Crippen LogP contribution is -2.21. The van der Waals surface area contributed by atoms with Gasteiger partial charge in [0.1, 0.15) is 0 Å². The molecule has 0 aliphatic heterocycles. The standard InChI is InChI=1S/C15H19N3OS/c1-3-12(16)9-11-4-5-13(8-10(11)2)20-15-17-7-6-14(19)18-15/h4-8,12H,3,9,16H2,1-2H3,(H,17,18,19). The second kappa shape index (κ2) is 6.72. The molecule has 0 bridgehead atoms. The lowest BCUT2D eigenvalue weighted by molar-refractivity contribution is 0.644. The van der Waals surface area contributed by atoms with Crippen molar-refractivity contribution in [3.8, 4) is 0 Å². The first-order chi connectivity index (χ1) is 9.58. The smallest absolute Gasteiger partial charge is 0.251 e. The molecular weight excluding hydrogens is 270 g/mol. The highest BCUT2D eigenvalue weighted by atomic mass is 32.2. The van der Waals surface area contributed by atoms with Crippen molar-refractivity contribution < 1.29 is 0 Å². The van der Waals surface area contributed by atoms with Crippen LogP contribution in [0.4, 0.5) is 0 Å². The van der Waals surface area contributed by atoms with Gasteiger partial charge in [-0.3, -0.25) is 4.79 Å². The Kier molecular flexibility index (Phi) is 4.98. The summed E-state index contributed by atoms with van der Waals surface area (Å²) in [6.45, 7) is 4.19. The van der Waals surface area contributed by atoms with E-state index in [1.165, 1.54) is 35.2 Å². The van der Waals surface area contributed by atoms with Crippen LogP contribution in [0.1, 0.15) is 24.5 Å². The molecule has 5 heteroatoms. The van der Waals surface area contributed by atoms with E-state index in [-0.39, 0.29) is 11.6 Å². The number of H-pyrrole nitrogens is 1. The molecule has 106 valence electrons.